The molecule has 0 fully saturated rings. The maximum absolute atomic E-state index is 4.35. The molecule has 3 aromatic carbocycles. The average Bonchev–Trinajstić information content (AvgIpc) is 3.41. The second-order valence-corrected chi connectivity index (χ2v) is 8.30. The molecule has 7 heteroatoms. The smallest absolute Gasteiger partial charge is 0.421 e. The second-order valence-electron chi connectivity index (χ2n) is 8.30. The molecule has 0 bridgehead atoms. The lowest BCUT2D eigenvalue weighted by Crippen LogP contribution is -3.00. The van der Waals surface area contributed by atoms with Crippen LogP contribution in [0, 0.1) is 6.92 Å². The van der Waals surface area contributed by atoms with Gasteiger partial charge in [-0.3, -0.25) is 0 Å². The van der Waals surface area contributed by atoms with Gasteiger partial charge < -0.3 is 22.3 Å². The predicted octanol–water partition coefficient (Wildman–Crippen LogP) is 3.78. The molecule has 5 rings (SSSR count). The van der Waals surface area contributed by atoms with Crippen LogP contribution >= 0.6 is 0 Å². The van der Waals surface area contributed by atoms with Crippen molar-refractivity contribution in [1.29, 1.82) is 0 Å². The number of rotatable bonds is 6. The van der Waals surface area contributed by atoms with Crippen LogP contribution in [0.15, 0.2) is 114 Å². The summed E-state index contributed by atoms with van der Waals surface area (Å²) < 4.78 is 6.15. The Hall–Kier alpha value is -4.16. The molecule has 0 unspecified atom stereocenters. The Kier molecular flexibility index (Phi) is 7.13. The van der Waals surface area contributed by atoms with Crippen molar-refractivity contribution in [3.63, 3.8) is 0 Å². The summed E-state index contributed by atoms with van der Waals surface area (Å²) in [5, 5.41) is 12.2. The lowest BCUT2D eigenvalue weighted by Gasteiger charge is -2.13. The summed E-state index contributed by atoms with van der Waals surface area (Å²) in [6.07, 6.45) is 3.90. The third-order valence-electron chi connectivity index (χ3n) is 5.83. The maximum Gasteiger partial charge on any atom is 0.421 e. The fourth-order valence-electron chi connectivity index (χ4n) is 4.01. The number of azo groups is 1. The minimum Gasteiger partial charge on any atom is -1.00 e. The minimum absolute atomic E-state index is 0. The molecule has 2 heterocycles. The molecule has 0 saturated carbocycles. The lowest BCUT2D eigenvalue weighted by atomic mass is 10.1. The first kappa shape index (κ1) is 24.0. The first-order valence-corrected chi connectivity index (χ1v) is 11.2. The second kappa shape index (κ2) is 10.4. The molecule has 0 aliphatic rings. The van der Waals surface area contributed by atoms with Crippen molar-refractivity contribution in [3.8, 4) is 16.9 Å². The van der Waals surface area contributed by atoms with E-state index in [-0.39, 0.29) is 12.4 Å². The zero-order valence-electron chi connectivity index (χ0n) is 19.9. The molecular formula is C28H27ClN6. The van der Waals surface area contributed by atoms with E-state index >= 15 is 0 Å². The average molecular weight is 483 g/mol. The zero-order chi connectivity index (χ0) is 23.5. The van der Waals surface area contributed by atoms with Crippen LogP contribution in [0.4, 0.5) is 23.0 Å². The number of halogens is 1. The predicted molar refractivity (Wildman–Crippen MR) is 136 cm³/mol. The van der Waals surface area contributed by atoms with Crippen molar-refractivity contribution in [2.24, 2.45) is 24.3 Å². The van der Waals surface area contributed by atoms with Crippen LogP contribution in [0.1, 0.15) is 5.69 Å². The van der Waals surface area contributed by atoms with Gasteiger partial charge in [0.15, 0.2) is 0 Å². The standard InChI is InChI=1S/C28H26N6.ClH/c1-21-9-18-27(22-7-5-4-6-8-22)34(21)26-16-14-24(15-17-26)29-23-10-12-25(13-11-23)30-31-28-32(2)19-20-33(28)3;/h4-20H,1-3H3;1H. The lowest BCUT2D eigenvalue weighted by molar-refractivity contribution is -0.657. The first-order valence-electron chi connectivity index (χ1n) is 11.2. The molecular weight excluding hydrogens is 456 g/mol. The fraction of sp³-hybridized carbons (Fsp3) is 0.107. The van der Waals surface area contributed by atoms with Gasteiger partial charge in [0, 0.05) is 27.9 Å². The van der Waals surface area contributed by atoms with Gasteiger partial charge in [-0.05, 0) is 73.2 Å². The van der Waals surface area contributed by atoms with Crippen LogP contribution in [0.5, 0.6) is 0 Å². The Balaban J connectivity index is 0.00000289. The summed E-state index contributed by atoms with van der Waals surface area (Å²) in [5.74, 6) is 0.788. The van der Waals surface area contributed by atoms with Crippen LogP contribution in [0.25, 0.3) is 16.9 Å². The van der Waals surface area contributed by atoms with Gasteiger partial charge >= 0.3 is 5.95 Å². The number of nitrogens with zero attached hydrogens (tertiary/aromatic N) is 5. The number of benzene rings is 3. The van der Waals surface area contributed by atoms with E-state index in [4.69, 9.17) is 0 Å². The Labute approximate surface area is 211 Å². The van der Waals surface area contributed by atoms with Gasteiger partial charge in [0.05, 0.1) is 32.2 Å². The van der Waals surface area contributed by atoms with Crippen molar-refractivity contribution in [1.82, 2.24) is 9.13 Å². The van der Waals surface area contributed by atoms with Crippen molar-refractivity contribution in [3.05, 3.63) is 109 Å². The molecule has 0 spiro atoms. The van der Waals surface area contributed by atoms with Gasteiger partial charge in [-0.2, -0.15) is 0 Å². The number of aromatic nitrogens is 3. The molecule has 6 nitrogen and oxygen atoms in total. The molecule has 5 aromatic rings. The SMILES string of the molecule is Cc1ccc(-c2ccccc2)n1-c1ccc(Nc2ccc(N=Nc3n(C)cc[n+]3C)cc2)cc1.[Cl-]. The normalized spacial score (nSPS) is 10.9. The zero-order valence-corrected chi connectivity index (χ0v) is 20.7. The Morgan fingerprint density at radius 2 is 1.43 bits per heavy atom. The van der Waals surface area contributed by atoms with Crippen LogP contribution in [-0.4, -0.2) is 9.13 Å². The van der Waals surface area contributed by atoms with Gasteiger partial charge in [0.2, 0.25) is 0 Å². The highest BCUT2D eigenvalue weighted by atomic mass is 35.5. The van der Waals surface area contributed by atoms with E-state index in [1.807, 2.05) is 66.0 Å². The molecule has 176 valence electrons. The molecule has 0 atom stereocenters. The quantitative estimate of drug-likeness (QED) is 0.290. The number of anilines is 2. The number of nitrogens with one attached hydrogen (secondary N) is 1. The molecule has 35 heavy (non-hydrogen) atoms. The van der Waals surface area contributed by atoms with Crippen molar-refractivity contribution < 1.29 is 17.0 Å². The van der Waals surface area contributed by atoms with Gasteiger partial charge in [0.1, 0.15) is 5.69 Å². The van der Waals surface area contributed by atoms with E-state index in [1.165, 1.54) is 17.0 Å². The third-order valence-corrected chi connectivity index (χ3v) is 5.83. The minimum atomic E-state index is 0. The molecule has 0 radical (unpaired) electrons. The number of imidazole rings is 1. The van der Waals surface area contributed by atoms with Crippen molar-refractivity contribution in [2.45, 2.75) is 6.92 Å². The van der Waals surface area contributed by atoms with Gasteiger partial charge in [-0.25, -0.2) is 9.13 Å². The van der Waals surface area contributed by atoms with E-state index in [2.05, 4.69) is 87.7 Å². The highest BCUT2D eigenvalue weighted by molar-refractivity contribution is 5.66. The molecule has 0 saturated heterocycles. The molecule has 2 aromatic heterocycles. The summed E-state index contributed by atoms with van der Waals surface area (Å²) in [7, 11) is 3.90. The summed E-state index contributed by atoms with van der Waals surface area (Å²) in [6.45, 7) is 2.13. The topological polar surface area (TPSA) is 50.5 Å². The van der Waals surface area contributed by atoms with E-state index in [9.17, 15) is 0 Å². The summed E-state index contributed by atoms with van der Waals surface area (Å²) in [6, 6.07) is 31.2. The van der Waals surface area contributed by atoms with E-state index in [0.29, 0.717) is 0 Å². The van der Waals surface area contributed by atoms with Crippen molar-refractivity contribution >= 4 is 23.0 Å². The highest BCUT2D eigenvalue weighted by Crippen LogP contribution is 2.28. The summed E-state index contributed by atoms with van der Waals surface area (Å²) in [5.41, 5.74) is 7.56. The monoisotopic (exact) mass is 482 g/mol. The Morgan fingerprint density at radius 3 is 2.06 bits per heavy atom. The van der Waals surface area contributed by atoms with Crippen LogP contribution in [0.2, 0.25) is 0 Å². The number of hydrogen-bond acceptors (Lipinski definition) is 3. The maximum atomic E-state index is 4.35. The van der Waals surface area contributed by atoms with E-state index in [0.717, 1.165) is 28.7 Å². The number of aryl methyl sites for hydroxylation is 3. The summed E-state index contributed by atoms with van der Waals surface area (Å²) >= 11 is 0. The fourth-order valence-corrected chi connectivity index (χ4v) is 4.01. The third kappa shape index (κ3) is 5.18. The summed E-state index contributed by atoms with van der Waals surface area (Å²) in [4.78, 5) is 0. The van der Waals surface area contributed by atoms with Crippen LogP contribution in [0.3, 0.4) is 0 Å². The van der Waals surface area contributed by atoms with Gasteiger partial charge in [-0.1, -0.05) is 35.4 Å². The van der Waals surface area contributed by atoms with E-state index in [1.54, 1.807) is 0 Å². The largest absolute Gasteiger partial charge is 1.00 e. The Morgan fingerprint density at radius 1 is 0.771 bits per heavy atom. The number of hydrogen-bond donors (Lipinski definition) is 1. The molecule has 0 aliphatic heterocycles. The van der Waals surface area contributed by atoms with E-state index < -0.39 is 0 Å². The van der Waals surface area contributed by atoms with Crippen LogP contribution in [-0.2, 0) is 14.1 Å². The molecule has 0 aliphatic carbocycles. The Bertz CT molecular complexity index is 1410. The molecule has 0 amide bonds. The van der Waals surface area contributed by atoms with Crippen LogP contribution < -0.4 is 22.3 Å². The molecule has 1 N–H and O–H groups in total. The van der Waals surface area contributed by atoms with Gasteiger partial charge in [0.25, 0.3) is 0 Å². The van der Waals surface area contributed by atoms with Crippen molar-refractivity contribution in [2.75, 3.05) is 5.32 Å². The first-order chi connectivity index (χ1) is 16.6. The highest BCUT2D eigenvalue weighted by Gasteiger charge is 2.11. The van der Waals surface area contributed by atoms with Gasteiger partial charge in [-0.15, -0.1) is 0 Å².